The highest BCUT2D eigenvalue weighted by molar-refractivity contribution is 5.80. The maximum absolute atomic E-state index is 12.4. The summed E-state index contributed by atoms with van der Waals surface area (Å²) in [7, 11) is 0. The van der Waals surface area contributed by atoms with Crippen LogP contribution >= 0.6 is 0 Å². The van der Waals surface area contributed by atoms with Crippen LogP contribution in [0.25, 0.3) is 0 Å². The molecule has 2 unspecified atom stereocenters. The Kier molecular flexibility index (Phi) is 4.59. The largest absolute Gasteiger partial charge is 0.356 e. The van der Waals surface area contributed by atoms with Crippen LogP contribution in [0.15, 0.2) is 24.3 Å². The van der Waals surface area contributed by atoms with Crippen molar-refractivity contribution in [1.82, 2.24) is 5.32 Å². The number of rotatable bonds is 4. The van der Waals surface area contributed by atoms with E-state index in [1.165, 1.54) is 36.8 Å². The lowest BCUT2D eigenvalue weighted by Crippen LogP contribution is -2.39. The Morgan fingerprint density at radius 2 is 1.71 bits per heavy atom. The molecule has 1 saturated carbocycles. The maximum atomic E-state index is 12.4. The predicted molar refractivity (Wildman–Crippen MR) is 84.9 cm³/mol. The van der Waals surface area contributed by atoms with Gasteiger partial charge < -0.3 is 11.1 Å². The Morgan fingerprint density at radius 3 is 2.33 bits per heavy atom. The van der Waals surface area contributed by atoms with E-state index in [9.17, 15) is 4.79 Å². The Balaban J connectivity index is 1.51. The zero-order chi connectivity index (χ0) is 14.7. The lowest BCUT2D eigenvalue weighted by atomic mass is 9.79. The second kappa shape index (κ2) is 6.61. The first-order valence-electron chi connectivity index (χ1n) is 8.32. The van der Waals surface area contributed by atoms with Crippen LogP contribution in [-0.4, -0.2) is 19.0 Å². The molecule has 2 aliphatic rings. The molecule has 3 rings (SSSR count). The van der Waals surface area contributed by atoms with Crippen LogP contribution in [0, 0.1) is 17.8 Å². The van der Waals surface area contributed by atoms with Crippen molar-refractivity contribution in [2.24, 2.45) is 23.5 Å². The fourth-order valence-corrected chi connectivity index (χ4v) is 3.98. The minimum atomic E-state index is 0.127. The summed E-state index contributed by atoms with van der Waals surface area (Å²) in [5, 5.41) is 3.20. The molecule has 3 heteroatoms. The Bertz CT molecular complexity index is 475. The fraction of sp³-hybridized carbons (Fsp3) is 0.611. The fourth-order valence-electron chi connectivity index (χ4n) is 3.98. The number of carbonyl (C=O) groups excluding carboxylic acids is 1. The summed E-state index contributed by atoms with van der Waals surface area (Å²) in [6.07, 6.45) is 6.81. The van der Waals surface area contributed by atoms with Crippen LogP contribution < -0.4 is 11.1 Å². The number of hydrogen-bond acceptors (Lipinski definition) is 2. The molecule has 3 N–H and O–H groups in total. The summed E-state index contributed by atoms with van der Waals surface area (Å²) < 4.78 is 0. The van der Waals surface area contributed by atoms with E-state index < -0.39 is 0 Å². The van der Waals surface area contributed by atoms with Crippen molar-refractivity contribution < 1.29 is 4.79 Å². The normalized spacial score (nSPS) is 25.6. The van der Waals surface area contributed by atoms with Gasteiger partial charge in [0, 0.05) is 12.5 Å². The highest BCUT2D eigenvalue weighted by Crippen LogP contribution is 2.29. The molecule has 1 aromatic carbocycles. The summed E-state index contributed by atoms with van der Waals surface area (Å²) in [4.78, 5) is 12.4. The number of amides is 1. The Labute approximate surface area is 127 Å². The van der Waals surface area contributed by atoms with E-state index >= 15 is 0 Å². The molecule has 0 aliphatic heterocycles. The van der Waals surface area contributed by atoms with Gasteiger partial charge in [0.1, 0.15) is 0 Å². The molecular formula is C18H26N2O. The first-order valence-corrected chi connectivity index (χ1v) is 8.32. The van der Waals surface area contributed by atoms with E-state index in [-0.39, 0.29) is 11.8 Å². The molecule has 1 fully saturated rings. The second-order valence-electron chi connectivity index (χ2n) is 6.66. The molecule has 0 saturated heterocycles. The van der Waals surface area contributed by atoms with E-state index in [1.54, 1.807) is 0 Å². The van der Waals surface area contributed by atoms with Gasteiger partial charge in [0.15, 0.2) is 0 Å². The summed E-state index contributed by atoms with van der Waals surface area (Å²) in [5.41, 5.74) is 8.55. The van der Waals surface area contributed by atoms with Crippen molar-refractivity contribution in [3.8, 4) is 0 Å². The van der Waals surface area contributed by atoms with Gasteiger partial charge in [-0.2, -0.15) is 0 Å². The summed E-state index contributed by atoms with van der Waals surface area (Å²) >= 11 is 0. The smallest absolute Gasteiger partial charge is 0.223 e. The molecule has 0 radical (unpaired) electrons. The first-order chi connectivity index (χ1) is 10.3. The quantitative estimate of drug-likeness (QED) is 0.892. The number of fused-ring (bicyclic) bond motifs is 1. The molecule has 1 amide bonds. The molecule has 2 aliphatic carbocycles. The van der Waals surface area contributed by atoms with Crippen LogP contribution in [0.1, 0.15) is 36.8 Å². The van der Waals surface area contributed by atoms with Crippen LogP contribution in [0.2, 0.25) is 0 Å². The molecule has 114 valence electrons. The average Bonchev–Trinajstić information content (AvgIpc) is 2.97. The van der Waals surface area contributed by atoms with E-state index in [0.717, 1.165) is 25.9 Å². The molecule has 0 aromatic heterocycles. The topological polar surface area (TPSA) is 55.1 Å². The standard InChI is InChI=1S/C18H26N2O/c19-11-15-7-3-4-8-16(15)12-20-18(21)17-9-13-5-1-2-6-14(13)10-17/h1-2,5-6,15-17H,3-4,7-12,19H2,(H,20,21). The van der Waals surface area contributed by atoms with E-state index in [4.69, 9.17) is 5.73 Å². The zero-order valence-electron chi connectivity index (χ0n) is 12.7. The van der Waals surface area contributed by atoms with Gasteiger partial charge in [-0.05, 0) is 55.2 Å². The monoisotopic (exact) mass is 286 g/mol. The first kappa shape index (κ1) is 14.6. The van der Waals surface area contributed by atoms with Gasteiger partial charge >= 0.3 is 0 Å². The third-order valence-corrected chi connectivity index (χ3v) is 5.33. The molecular weight excluding hydrogens is 260 g/mol. The molecule has 3 nitrogen and oxygen atoms in total. The maximum Gasteiger partial charge on any atom is 0.223 e. The van der Waals surface area contributed by atoms with Crippen LogP contribution in [0.5, 0.6) is 0 Å². The molecule has 0 bridgehead atoms. The van der Waals surface area contributed by atoms with Gasteiger partial charge in [-0.1, -0.05) is 37.1 Å². The van der Waals surface area contributed by atoms with Gasteiger partial charge in [-0.15, -0.1) is 0 Å². The van der Waals surface area contributed by atoms with Crippen molar-refractivity contribution in [2.45, 2.75) is 38.5 Å². The zero-order valence-corrected chi connectivity index (χ0v) is 12.7. The highest BCUT2D eigenvalue weighted by Gasteiger charge is 2.29. The summed E-state index contributed by atoms with van der Waals surface area (Å²) in [6.45, 7) is 1.57. The molecule has 0 heterocycles. The van der Waals surface area contributed by atoms with Crippen molar-refractivity contribution in [3.05, 3.63) is 35.4 Å². The van der Waals surface area contributed by atoms with Gasteiger partial charge in [0.2, 0.25) is 5.91 Å². The predicted octanol–water partition coefficient (Wildman–Crippen LogP) is 2.28. The SMILES string of the molecule is NCC1CCCCC1CNC(=O)C1Cc2ccccc2C1. The van der Waals surface area contributed by atoms with Gasteiger partial charge in [-0.25, -0.2) is 0 Å². The molecule has 0 spiro atoms. The third-order valence-electron chi connectivity index (χ3n) is 5.33. The van der Waals surface area contributed by atoms with E-state index in [1.807, 2.05) is 0 Å². The second-order valence-corrected chi connectivity index (χ2v) is 6.66. The van der Waals surface area contributed by atoms with E-state index in [0.29, 0.717) is 11.8 Å². The summed E-state index contributed by atoms with van der Waals surface area (Å²) in [6, 6.07) is 8.42. The Hall–Kier alpha value is -1.35. The van der Waals surface area contributed by atoms with Crippen LogP contribution in [-0.2, 0) is 17.6 Å². The molecule has 1 aromatic rings. The number of nitrogens with two attached hydrogens (primary N) is 1. The number of hydrogen-bond donors (Lipinski definition) is 2. The van der Waals surface area contributed by atoms with Crippen LogP contribution in [0.3, 0.4) is 0 Å². The Morgan fingerprint density at radius 1 is 1.10 bits per heavy atom. The average molecular weight is 286 g/mol. The van der Waals surface area contributed by atoms with Crippen molar-refractivity contribution >= 4 is 5.91 Å². The number of carbonyl (C=O) groups is 1. The van der Waals surface area contributed by atoms with Crippen molar-refractivity contribution in [2.75, 3.05) is 13.1 Å². The third kappa shape index (κ3) is 3.29. The molecule has 2 atom stereocenters. The summed E-state index contributed by atoms with van der Waals surface area (Å²) in [5.74, 6) is 1.53. The number of nitrogens with one attached hydrogen (secondary N) is 1. The molecule has 21 heavy (non-hydrogen) atoms. The van der Waals surface area contributed by atoms with Gasteiger partial charge in [0.25, 0.3) is 0 Å². The minimum Gasteiger partial charge on any atom is -0.356 e. The highest BCUT2D eigenvalue weighted by atomic mass is 16.1. The number of benzene rings is 1. The van der Waals surface area contributed by atoms with E-state index in [2.05, 4.69) is 29.6 Å². The van der Waals surface area contributed by atoms with Gasteiger partial charge in [-0.3, -0.25) is 4.79 Å². The van der Waals surface area contributed by atoms with Crippen molar-refractivity contribution in [3.63, 3.8) is 0 Å². The van der Waals surface area contributed by atoms with Gasteiger partial charge in [0.05, 0.1) is 0 Å². The minimum absolute atomic E-state index is 0.127. The lowest BCUT2D eigenvalue weighted by molar-refractivity contribution is -0.125. The van der Waals surface area contributed by atoms with Crippen molar-refractivity contribution in [1.29, 1.82) is 0 Å². The lowest BCUT2D eigenvalue weighted by Gasteiger charge is -2.31. The van der Waals surface area contributed by atoms with Crippen LogP contribution in [0.4, 0.5) is 0 Å².